The second kappa shape index (κ2) is 4.90. The van der Waals surface area contributed by atoms with Crippen molar-refractivity contribution < 1.29 is 39.6 Å². The monoisotopic (exact) mass is 271 g/mol. The smallest absolute Gasteiger partial charge is 0.311 e. The van der Waals surface area contributed by atoms with Crippen molar-refractivity contribution in [1.82, 2.24) is 0 Å². The topological polar surface area (TPSA) is 27.7 Å². The lowest BCUT2D eigenvalue weighted by molar-refractivity contribution is -0.260. The van der Waals surface area contributed by atoms with Crippen LogP contribution in [-0.4, -0.2) is 27.9 Å². The van der Waals surface area contributed by atoms with Gasteiger partial charge in [-0.05, 0) is 0 Å². The van der Waals surface area contributed by atoms with E-state index in [0.717, 1.165) is 0 Å². The standard InChI is InChI=1S/C6H9F6O3Si/c1-4(7,8)13-16(14-5(2,9)10)15-6(3,11)12/h1-3H3. The Kier molecular flexibility index (Phi) is 4.80. The van der Waals surface area contributed by atoms with E-state index in [0.29, 0.717) is 0 Å². The molecule has 0 aliphatic rings. The minimum Gasteiger partial charge on any atom is -0.311 e. The highest BCUT2D eigenvalue weighted by Crippen LogP contribution is 2.25. The zero-order chi connectivity index (χ0) is 13.2. The summed E-state index contributed by atoms with van der Waals surface area (Å²) in [5.74, 6) is 0. The average Bonchev–Trinajstić information content (AvgIpc) is 1.70. The fraction of sp³-hybridized carbons (Fsp3) is 1.00. The normalized spacial score (nSPS) is 14.6. The van der Waals surface area contributed by atoms with Crippen molar-refractivity contribution in [2.45, 2.75) is 39.1 Å². The maximum Gasteiger partial charge on any atom is 0.590 e. The lowest BCUT2D eigenvalue weighted by atomic mass is 10.8. The third kappa shape index (κ3) is 10.2. The molecular weight excluding hydrogens is 262 g/mol. The molecule has 0 atom stereocenters. The van der Waals surface area contributed by atoms with Gasteiger partial charge in [-0.1, -0.05) is 0 Å². The Morgan fingerprint density at radius 3 is 0.938 bits per heavy atom. The van der Waals surface area contributed by atoms with Crippen molar-refractivity contribution in [2.75, 3.05) is 0 Å². The summed E-state index contributed by atoms with van der Waals surface area (Å²) in [6.07, 6.45) is -11.7. The molecule has 0 saturated carbocycles. The zero-order valence-corrected chi connectivity index (χ0v) is 9.49. The molecular formula is C6H9F6O3Si. The van der Waals surface area contributed by atoms with Crippen LogP contribution in [0.3, 0.4) is 0 Å². The van der Waals surface area contributed by atoms with Crippen molar-refractivity contribution in [2.24, 2.45) is 0 Å². The summed E-state index contributed by atoms with van der Waals surface area (Å²) in [4.78, 5) is 0. The average molecular weight is 271 g/mol. The molecule has 0 rings (SSSR count). The van der Waals surface area contributed by atoms with Crippen molar-refractivity contribution in [3.63, 3.8) is 0 Å². The molecule has 0 aliphatic heterocycles. The number of halogens is 6. The molecule has 97 valence electrons. The largest absolute Gasteiger partial charge is 0.590 e. The van der Waals surface area contributed by atoms with Crippen LogP contribution in [0.5, 0.6) is 0 Å². The number of rotatable bonds is 6. The van der Waals surface area contributed by atoms with Crippen LogP contribution in [0.15, 0.2) is 0 Å². The van der Waals surface area contributed by atoms with Crippen LogP contribution in [0.25, 0.3) is 0 Å². The molecule has 0 bridgehead atoms. The van der Waals surface area contributed by atoms with Gasteiger partial charge in [0.05, 0.1) is 0 Å². The summed E-state index contributed by atoms with van der Waals surface area (Å²) >= 11 is 0. The Morgan fingerprint density at radius 1 is 0.625 bits per heavy atom. The molecule has 0 unspecified atom stereocenters. The van der Waals surface area contributed by atoms with E-state index >= 15 is 0 Å². The Morgan fingerprint density at radius 2 is 0.812 bits per heavy atom. The van der Waals surface area contributed by atoms with Crippen LogP contribution in [0.1, 0.15) is 20.8 Å². The Hall–Kier alpha value is -0.323. The van der Waals surface area contributed by atoms with E-state index in [2.05, 4.69) is 13.3 Å². The van der Waals surface area contributed by atoms with Gasteiger partial charge >= 0.3 is 27.9 Å². The first-order valence-corrected chi connectivity index (χ1v) is 5.08. The fourth-order valence-corrected chi connectivity index (χ4v) is 1.50. The first kappa shape index (κ1) is 15.7. The van der Waals surface area contributed by atoms with Gasteiger partial charge in [0.15, 0.2) is 0 Å². The third-order valence-electron chi connectivity index (χ3n) is 0.788. The van der Waals surface area contributed by atoms with E-state index in [-0.39, 0.29) is 20.8 Å². The van der Waals surface area contributed by atoms with Gasteiger partial charge < -0.3 is 13.3 Å². The molecule has 16 heavy (non-hydrogen) atoms. The molecule has 0 aromatic heterocycles. The number of hydrogen-bond acceptors (Lipinski definition) is 3. The molecule has 0 fully saturated rings. The van der Waals surface area contributed by atoms with Gasteiger partial charge in [0, 0.05) is 20.8 Å². The van der Waals surface area contributed by atoms with Gasteiger partial charge in [0.25, 0.3) is 0 Å². The van der Waals surface area contributed by atoms with E-state index in [1.54, 1.807) is 0 Å². The van der Waals surface area contributed by atoms with Gasteiger partial charge in [0.2, 0.25) is 0 Å². The molecule has 3 nitrogen and oxygen atoms in total. The van der Waals surface area contributed by atoms with Crippen LogP contribution in [-0.2, 0) is 13.3 Å². The van der Waals surface area contributed by atoms with Crippen LogP contribution in [0.4, 0.5) is 26.3 Å². The van der Waals surface area contributed by atoms with E-state index in [4.69, 9.17) is 0 Å². The molecule has 0 aromatic rings. The third-order valence-corrected chi connectivity index (χ3v) is 2.36. The molecule has 0 saturated heterocycles. The molecule has 0 spiro atoms. The van der Waals surface area contributed by atoms with Crippen LogP contribution in [0.2, 0.25) is 0 Å². The molecule has 10 heteroatoms. The maximum absolute atomic E-state index is 12.3. The van der Waals surface area contributed by atoms with E-state index in [1.807, 2.05) is 0 Å². The van der Waals surface area contributed by atoms with Crippen molar-refractivity contribution in [3.8, 4) is 0 Å². The van der Waals surface area contributed by atoms with Crippen molar-refractivity contribution >= 4 is 9.53 Å². The Labute approximate surface area is 89.2 Å². The van der Waals surface area contributed by atoms with Gasteiger partial charge in [0.1, 0.15) is 0 Å². The van der Waals surface area contributed by atoms with Crippen molar-refractivity contribution in [3.05, 3.63) is 0 Å². The Balaban J connectivity index is 4.53. The number of hydrogen-bond donors (Lipinski definition) is 0. The van der Waals surface area contributed by atoms with E-state index < -0.39 is 27.9 Å². The molecule has 0 heterocycles. The number of alkyl halides is 6. The SMILES string of the molecule is CC(F)(F)O[Si](OC(C)(F)F)OC(C)(F)F. The van der Waals surface area contributed by atoms with Crippen LogP contribution in [0, 0.1) is 0 Å². The van der Waals surface area contributed by atoms with Crippen molar-refractivity contribution in [1.29, 1.82) is 0 Å². The molecule has 0 aromatic carbocycles. The minimum absolute atomic E-state index is 0.187. The summed E-state index contributed by atoms with van der Waals surface area (Å²) in [6.45, 7) is 0.560. The summed E-state index contributed by atoms with van der Waals surface area (Å²) in [7, 11) is -3.97. The van der Waals surface area contributed by atoms with Gasteiger partial charge in [-0.3, -0.25) is 0 Å². The van der Waals surface area contributed by atoms with Crippen LogP contribution >= 0.6 is 0 Å². The van der Waals surface area contributed by atoms with Gasteiger partial charge in [-0.2, -0.15) is 26.3 Å². The quantitative estimate of drug-likeness (QED) is 0.549. The lowest BCUT2D eigenvalue weighted by Crippen LogP contribution is -2.42. The summed E-state index contributed by atoms with van der Waals surface area (Å²) in [5.41, 5.74) is 0. The molecule has 0 N–H and O–H groups in total. The van der Waals surface area contributed by atoms with E-state index in [9.17, 15) is 26.3 Å². The minimum atomic E-state index is -3.97. The summed E-state index contributed by atoms with van der Waals surface area (Å²) in [6, 6.07) is 0. The second-order valence-corrected chi connectivity index (χ2v) is 4.09. The molecule has 0 aliphatic carbocycles. The van der Waals surface area contributed by atoms with E-state index in [1.165, 1.54) is 0 Å². The fourth-order valence-electron chi connectivity index (χ4n) is 0.501. The highest BCUT2D eigenvalue weighted by Gasteiger charge is 2.44. The van der Waals surface area contributed by atoms with Gasteiger partial charge in [-0.15, -0.1) is 0 Å². The Bertz CT molecular complexity index is 182. The second-order valence-electron chi connectivity index (χ2n) is 2.98. The van der Waals surface area contributed by atoms with Gasteiger partial charge in [-0.25, -0.2) is 0 Å². The summed E-state index contributed by atoms with van der Waals surface area (Å²) < 4.78 is 84.3. The highest BCUT2D eigenvalue weighted by atomic mass is 28.3. The highest BCUT2D eigenvalue weighted by molar-refractivity contribution is 6.36. The predicted molar refractivity (Wildman–Crippen MR) is 40.9 cm³/mol. The first-order valence-electron chi connectivity index (χ1n) is 3.86. The lowest BCUT2D eigenvalue weighted by Gasteiger charge is -2.23. The maximum atomic E-state index is 12.3. The summed E-state index contributed by atoms with van der Waals surface area (Å²) in [5, 5.41) is 0. The molecule has 1 radical (unpaired) electrons. The zero-order valence-electron chi connectivity index (χ0n) is 8.49. The first-order chi connectivity index (χ1) is 6.79. The van der Waals surface area contributed by atoms with Crippen LogP contribution < -0.4 is 0 Å². The predicted octanol–water partition coefficient (Wildman–Crippen LogP) is 2.86. The molecule has 0 amide bonds.